The number of nitrogens with one attached hydrogen (secondary N) is 1. The predicted octanol–water partition coefficient (Wildman–Crippen LogP) is 1.75. The number of hydrogen-bond donors (Lipinski definition) is 1. The van der Waals surface area contributed by atoms with Gasteiger partial charge in [0.2, 0.25) is 10.0 Å². The zero-order chi connectivity index (χ0) is 17.3. The lowest BCUT2D eigenvalue weighted by Crippen LogP contribution is -2.48. The van der Waals surface area contributed by atoms with Gasteiger partial charge < -0.3 is 4.74 Å². The van der Waals surface area contributed by atoms with Crippen molar-refractivity contribution in [3.05, 3.63) is 23.0 Å². The van der Waals surface area contributed by atoms with Crippen molar-refractivity contribution in [3.63, 3.8) is 0 Å². The molecule has 0 amide bonds. The molecule has 1 atom stereocenters. The Morgan fingerprint density at radius 2 is 2.08 bits per heavy atom. The first-order valence-corrected chi connectivity index (χ1v) is 10.2. The Kier molecular flexibility index (Phi) is 5.13. The molecule has 134 valence electrons. The molecule has 2 aliphatic rings. The first-order chi connectivity index (χ1) is 11.4. The fourth-order valence-electron chi connectivity index (χ4n) is 3.44. The molecule has 1 saturated heterocycles. The molecule has 2 fully saturated rings. The van der Waals surface area contributed by atoms with Crippen molar-refractivity contribution >= 4 is 10.0 Å². The molecule has 7 heteroatoms. The summed E-state index contributed by atoms with van der Waals surface area (Å²) in [6.45, 7) is 6.46. The number of pyridine rings is 1. The molecule has 1 aliphatic heterocycles. The van der Waals surface area contributed by atoms with Gasteiger partial charge in [-0.2, -0.15) is 0 Å². The number of likely N-dealkylation sites (tertiary alicyclic amines) is 1. The van der Waals surface area contributed by atoms with Gasteiger partial charge in [-0.3, -0.25) is 9.88 Å². The summed E-state index contributed by atoms with van der Waals surface area (Å²) >= 11 is 0. The van der Waals surface area contributed by atoms with Crippen molar-refractivity contribution in [2.45, 2.75) is 57.4 Å². The van der Waals surface area contributed by atoms with Gasteiger partial charge in [-0.05, 0) is 46.1 Å². The Morgan fingerprint density at radius 1 is 1.33 bits per heavy atom. The zero-order valence-corrected chi connectivity index (χ0v) is 15.5. The maximum absolute atomic E-state index is 12.1. The molecular formula is C17H27N3O3S. The molecule has 3 rings (SSSR count). The van der Waals surface area contributed by atoms with Crippen molar-refractivity contribution in [1.82, 2.24) is 14.6 Å². The van der Waals surface area contributed by atoms with E-state index in [1.165, 1.54) is 0 Å². The molecule has 1 N–H and O–H groups in total. The number of aromatic nitrogens is 1. The molecule has 1 unspecified atom stereocenters. The lowest BCUT2D eigenvalue weighted by atomic mass is 10.1. The van der Waals surface area contributed by atoms with Gasteiger partial charge in [0, 0.05) is 36.5 Å². The molecule has 1 aromatic rings. The van der Waals surface area contributed by atoms with Crippen LogP contribution < -0.4 is 9.46 Å². The molecule has 2 heterocycles. The highest BCUT2D eigenvalue weighted by Crippen LogP contribution is 2.29. The van der Waals surface area contributed by atoms with E-state index in [-0.39, 0.29) is 11.3 Å². The van der Waals surface area contributed by atoms with Crippen LogP contribution in [0.5, 0.6) is 5.75 Å². The topological polar surface area (TPSA) is 71.5 Å². The van der Waals surface area contributed by atoms with E-state index in [2.05, 4.69) is 14.6 Å². The molecule has 0 bridgehead atoms. The summed E-state index contributed by atoms with van der Waals surface area (Å²) in [6, 6.07) is 0.0111. The number of aryl methyl sites for hydroxylation is 1. The number of nitrogens with zero attached hydrogens (tertiary/aromatic N) is 2. The Bertz CT molecular complexity index is 701. The predicted molar refractivity (Wildman–Crippen MR) is 93.6 cm³/mol. The number of ether oxygens (including phenoxy) is 1. The summed E-state index contributed by atoms with van der Waals surface area (Å²) in [5.41, 5.74) is 3.11. The molecular weight excluding hydrogens is 326 g/mol. The van der Waals surface area contributed by atoms with Crippen LogP contribution in [-0.4, -0.2) is 49.8 Å². The summed E-state index contributed by atoms with van der Waals surface area (Å²) in [5, 5.41) is -0.154. The average Bonchev–Trinajstić information content (AvgIpc) is 3.36. The minimum absolute atomic E-state index is 0.0111. The highest BCUT2D eigenvalue weighted by atomic mass is 32.2. The summed E-state index contributed by atoms with van der Waals surface area (Å²) < 4.78 is 32.7. The Hall–Kier alpha value is -1.18. The van der Waals surface area contributed by atoms with E-state index >= 15 is 0 Å². The van der Waals surface area contributed by atoms with Gasteiger partial charge in [0.1, 0.15) is 5.75 Å². The van der Waals surface area contributed by atoms with E-state index in [1.807, 2.05) is 20.0 Å². The van der Waals surface area contributed by atoms with E-state index in [9.17, 15) is 8.42 Å². The summed E-state index contributed by atoms with van der Waals surface area (Å²) in [5.74, 6) is 0.892. The van der Waals surface area contributed by atoms with Crippen LogP contribution in [0.2, 0.25) is 0 Å². The van der Waals surface area contributed by atoms with Crippen molar-refractivity contribution in [3.8, 4) is 5.75 Å². The third-order valence-electron chi connectivity index (χ3n) is 4.92. The highest BCUT2D eigenvalue weighted by Gasteiger charge is 2.37. The second kappa shape index (κ2) is 6.98. The van der Waals surface area contributed by atoms with Crippen LogP contribution in [0.4, 0.5) is 0 Å². The van der Waals surface area contributed by atoms with E-state index in [0.717, 1.165) is 67.9 Å². The lowest BCUT2D eigenvalue weighted by molar-refractivity contribution is 0.192. The van der Waals surface area contributed by atoms with Crippen LogP contribution >= 0.6 is 0 Å². The lowest BCUT2D eigenvalue weighted by Gasteiger charge is -2.33. The molecule has 0 aromatic carbocycles. The van der Waals surface area contributed by atoms with Gasteiger partial charge in [-0.15, -0.1) is 0 Å². The Balaban J connectivity index is 1.65. The summed E-state index contributed by atoms with van der Waals surface area (Å²) in [4.78, 5) is 6.84. The van der Waals surface area contributed by atoms with Gasteiger partial charge in [0.05, 0.1) is 18.1 Å². The van der Waals surface area contributed by atoms with E-state index in [0.29, 0.717) is 0 Å². The van der Waals surface area contributed by atoms with E-state index in [1.54, 1.807) is 7.11 Å². The van der Waals surface area contributed by atoms with Crippen LogP contribution in [0.1, 0.15) is 42.5 Å². The SMILES string of the molecule is COc1c(C)cnc(CN2CCCC(NS(=O)(=O)C3CC3)C2)c1C. The standard InChI is InChI=1S/C17H27N3O3S/c1-12-9-18-16(13(2)17(12)23-3)11-20-8-4-5-14(10-20)19-24(21,22)15-6-7-15/h9,14-15,19H,4-8,10-11H2,1-3H3. The third-order valence-corrected chi connectivity index (χ3v) is 6.93. The molecule has 1 aromatic heterocycles. The largest absolute Gasteiger partial charge is 0.496 e. The quantitative estimate of drug-likeness (QED) is 0.844. The Labute approximate surface area is 144 Å². The van der Waals surface area contributed by atoms with Gasteiger partial charge in [0.15, 0.2) is 0 Å². The summed E-state index contributed by atoms with van der Waals surface area (Å²) in [7, 11) is -1.44. The second-order valence-corrected chi connectivity index (χ2v) is 8.98. The number of piperidine rings is 1. The fraction of sp³-hybridized carbons (Fsp3) is 0.706. The minimum Gasteiger partial charge on any atom is -0.496 e. The molecule has 0 radical (unpaired) electrons. The number of hydrogen-bond acceptors (Lipinski definition) is 5. The van der Waals surface area contributed by atoms with Gasteiger partial charge in [0.25, 0.3) is 0 Å². The van der Waals surface area contributed by atoms with Gasteiger partial charge in [-0.1, -0.05) is 0 Å². The monoisotopic (exact) mass is 353 g/mol. The zero-order valence-electron chi connectivity index (χ0n) is 14.7. The molecule has 1 aliphatic carbocycles. The highest BCUT2D eigenvalue weighted by molar-refractivity contribution is 7.90. The van der Waals surface area contributed by atoms with Gasteiger partial charge >= 0.3 is 0 Å². The van der Waals surface area contributed by atoms with Crippen LogP contribution in [0.15, 0.2) is 6.20 Å². The maximum atomic E-state index is 12.1. The molecule has 24 heavy (non-hydrogen) atoms. The fourth-order valence-corrected chi connectivity index (χ4v) is 5.05. The average molecular weight is 353 g/mol. The maximum Gasteiger partial charge on any atom is 0.214 e. The molecule has 6 nitrogen and oxygen atoms in total. The van der Waals surface area contributed by atoms with Crippen molar-refractivity contribution < 1.29 is 13.2 Å². The Morgan fingerprint density at radius 3 is 2.75 bits per heavy atom. The van der Waals surface area contributed by atoms with E-state index in [4.69, 9.17) is 4.74 Å². The van der Waals surface area contributed by atoms with Crippen LogP contribution in [0.25, 0.3) is 0 Å². The van der Waals surface area contributed by atoms with Crippen molar-refractivity contribution in [2.75, 3.05) is 20.2 Å². The number of rotatable bonds is 6. The van der Waals surface area contributed by atoms with Crippen LogP contribution in [-0.2, 0) is 16.6 Å². The van der Waals surface area contributed by atoms with Crippen LogP contribution in [0, 0.1) is 13.8 Å². The molecule has 1 saturated carbocycles. The first kappa shape index (κ1) is 17.6. The molecule has 0 spiro atoms. The van der Waals surface area contributed by atoms with Crippen LogP contribution in [0.3, 0.4) is 0 Å². The first-order valence-electron chi connectivity index (χ1n) is 8.63. The second-order valence-electron chi connectivity index (χ2n) is 6.98. The third kappa shape index (κ3) is 3.90. The minimum atomic E-state index is -3.12. The van der Waals surface area contributed by atoms with Crippen molar-refractivity contribution in [2.24, 2.45) is 0 Å². The van der Waals surface area contributed by atoms with E-state index < -0.39 is 10.0 Å². The van der Waals surface area contributed by atoms with Crippen molar-refractivity contribution in [1.29, 1.82) is 0 Å². The number of methoxy groups -OCH3 is 1. The van der Waals surface area contributed by atoms with Gasteiger partial charge in [-0.25, -0.2) is 13.1 Å². The normalized spacial score (nSPS) is 22.5. The summed E-state index contributed by atoms with van der Waals surface area (Å²) in [6.07, 6.45) is 5.36. The number of sulfonamides is 1. The smallest absolute Gasteiger partial charge is 0.214 e.